The summed E-state index contributed by atoms with van der Waals surface area (Å²) in [4.78, 5) is 26.7. The molecule has 0 saturated carbocycles. The predicted molar refractivity (Wildman–Crippen MR) is 126 cm³/mol. The van der Waals surface area contributed by atoms with Crippen molar-refractivity contribution in [3.05, 3.63) is 59.7 Å². The minimum absolute atomic E-state index is 0.136. The molecule has 176 valence electrons. The van der Waals surface area contributed by atoms with Gasteiger partial charge in [-0.1, -0.05) is 24.6 Å². The number of primary amides is 1. The van der Waals surface area contributed by atoms with Crippen molar-refractivity contribution in [2.75, 3.05) is 25.0 Å². The number of sulfonamides is 1. The van der Waals surface area contributed by atoms with E-state index in [1.165, 1.54) is 16.4 Å². The number of benzene rings is 2. The van der Waals surface area contributed by atoms with E-state index < -0.39 is 10.0 Å². The van der Waals surface area contributed by atoms with Crippen molar-refractivity contribution in [3.8, 4) is 0 Å². The van der Waals surface area contributed by atoms with Gasteiger partial charge in [-0.3, -0.25) is 14.5 Å². The summed E-state index contributed by atoms with van der Waals surface area (Å²) in [6.45, 7) is 2.40. The van der Waals surface area contributed by atoms with Gasteiger partial charge in [0.05, 0.1) is 10.9 Å². The quantitative estimate of drug-likeness (QED) is 0.646. The molecule has 4 rings (SSSR count). The Morgan fingerprint density at radius 1 is 0.970 bits per heavy atom. The molecule has 2 heterocycles. The lowest BCUT2D eigenvalue weighted by Gasteiger charge is -2.26. The number of hydrogen-bond acceptors (Lipinski definition) is 5. The molecule has 0 aliphatic carbocycles. The zero-order valence-electron chi connectivity index (χ0n) is 18.6. The van der Waals surface area contributed by atoms with Crippen LogP contribution in [0.3, 0.4) is 0 Å². The third-order valence-electron chi connectivity index (χ3n) is 6.31. The Balaban J connectivity index is 1.46. The fourth-order valence-corrected chi connectivity index (χ4v) is 6.14. The number of nitrogens with one attached hydrogen (secondary N) is 1. The number of nitrogens with zero attached hydrogens (tertiary/aromatic N) is 2. The number of carbonyl (C=O) groups excluding carboxylic acids is 2. The summed E-state index contributed by atoms with van der Waals surface area (Å²) in [7, 11) is -3.61. The molecule has 1 unspecified atom stereocenters. The average molecular weight is 471 g/mol. The van der Waals surface area contributed by atoms with Gasteiger partial charge >= 0.3 is 0 Å². The number of rotatable bonds is 7. The van der Waals surface area contributed by atoms with Gasteiger partial charge in [0.25, 0.3) is 5.91 Å². The minimum atomic E-state index is -3.61. The first kappa shape index (κ1) is 23.4. The molecule has 8 nitrogen and oxygen atoms in total. The molecule has 0 spiro atoms. The highest BCUT2D eigenvalue weighted by Gasteiger charge is 2.29. The van der Waals surface area contributed by atoms with Gasteiger partial charge in [-0.2, -0.15) is 4.31 Å². The standard InChI is InChI=1S/C24H30N4O4S/c25-23(29)22-11-6-12-27(22)17-18-7-4-9-20(15-18)26-24(30)19-8-5-10-21(16-19)33(31,32)28-13-2-1-3-14-28/h4-5,7-10,15-16,22H,1-3,6,11-14,17H2,(H2,25,29)(H,26,30). The fraction of sp³-hybridized carbons (Fsp3) is 0.417. The first-order chi connectivity index (χ1) is 15.8. The van der Waals surface area contributed by atoms with Gasteiger partial charge in [0.1, 0.15) is 0 Å². The zero-order valence-corrected chi connectivity index (χ0v) is 19.4. The van der Waals surface area contributed by atoms with Crippen LogP contribution in [0.2, 0.25) is 0 Å². The lowest BCUT2D eigenvalue weighted by Crippen LogP contribution is -2.39. The molecule has 2 aliphatic heterocycles. The van der Waals surface area contributed by atoms with Crippen LogP contribution in [0.5, 0.6) is 0 Å². The summed E-state index contributed by atoms with van der Waals surface area (Å²) in [6.07, 6.45) is 4.44. The third-order valence-corrected chi connectivity index (χ3v) is 8.21. The first-order valence-corrected chi connectivity index (χ1v) is 12.8. The number of piperidine rings is 1. The Bertz CT molecular complexity index is 1130. The summed E-state index contributed by atoms with van der Waals surface area (Å²) in [5, 5.41) is 2.86. The van der Waals surface area contributed by atoms with Crippen molar-refractivity contribution in [1.29, 1.82) is 0 Å². The molecule has 3 N–H and O–H groups in total. The lowest BCUT2D eigenvalue weighted by molar-refractivity contribution is -0.122. The summed E-state index contributed by atoms with van der Waals surface area (Å²) >= 11 is 0. The summed E-state index contributed by atoms with van der Waals surface area (Å²) in [6, 6.07) is 13.4. The van der Waals surface area contributed by atoms with Crippen LogP contribution < -0.4 is 11.1 Å². The Labute approximate surface area is 194 Å². The van der Waals surface area contributed by atoms with Crippen LogP contribution in [-0.4, -0.2) is 55.1 Å². The lowest BCUT2D eigenvalue weighted by atomic mass is 10.1. The molecule has 1 atom stereocenters. The molecule has 2 amide bonds. The number of amides is 2. The van der Waals surface area contributed by atoms with Crippen LogP contribution in [0.25, 0.3) is 0 Å². The first-order valence-electron chi connectivity index (χ1n) is 11.4. The van der Waals surface area contributed by atoms with Crippen molar-refractivity contribution in [2.45, 2.75) is 49.6 Å². The molecule has 33 heavy (non-hydrogen) atoms. The third kappa shape index (κ3) is 5.43. The molecule has 2 saturated heterocycles. The second-order valence-corrected chi connectivity index (χ2v) is 10.6. The summed E-state index contributed by atoms with van der Waals surface area (Å²) in [5.74, 6) is -0.685. The second-order valence-electron chi connectivity index (χ2n) is 8.68. The molecule has 0 radical (unpaired) electrons. The van der Waals surface area contributed by atoms with Crippen molar-refractivity contribution in [3.63, 3.8) is 0 Å². The maximum absolute atomic E-state index is 13.0. The van der Waals surface area contributed by atoms with E-state index in [9.17, 15) is 18.0 Å². The number of nitrogens with two attached hydrogens (primary N) is 1. The van der Waals surface area contributed by atoms with Gasteiger partial charge in [-0.15, -0.1) is 0 Å². The fourth-order valence-electron chi connectivity index (χ4n) is 4.57. The minimum Gasteiger partial charge on any atom is -0.368 e. The molecule has 9 heteroatoms. The van der Waals surface area contributed by atoms with E-state index in [0.717, 1.165) is 44.2 Å². The molecular formula is C24H30N4O4S. The smallest absolute Gasteiger partial charge is 0.255 e. The molecule has 2 aliphatic rings. The second kappa shape index (κ2) is 10.0. The average Bonchev–Trinajstić information content (AvgIpc) is 3.28. The Morgan fingerprint density at radius 2 is 1.73 bits per heavy atom. The maximum atomic E-state index is 13.0. The maximum Gasteiger partial charge on any atom is 0.255 e. The highest BCUT2D eigenvalue weighted by atomic mass is 32.2. The molecule has 2 aromatic carbocycles. The molecular weight excluding hydrogens is 440 g/mol. The van der Waals surface area contributed by atoms with Crippen molar-refractivity contribution >= 4 is 27.5 Å². The normalized spacial score (nSPS) is 19.9. The topological polar surface area (TPSA) is 113 Å². The van der Waals surface area contributed by atoms with Gasteiger partial charge in [-0.25, -0.2) is 8.42 Å². The Kier molecular flexibility index (Phi) is 7.11. The van der Waals surface area contributed by atoms with E-state index in [-0.39, 0.29) is 28.3 Å². The van der Waals surface area contributed by atoms with Crippen LogP contribution >= 0.6 is 0 Å². The van der Waals surface area contributed by atoms with E-state index in [2.05, 4.69) is 10.2 Å². The van der Waals surface area contributed by atoms with Crippen LogP contribution in [-0.2, 0) is 21.4 Å². The summed E-state index contributed by atoms with van der Waals surface area (Å²) in [5.41, 5.74) is 7.36. The molecule has 2 fully saturated rings. The monoisotopic (exact) mass is 470 g/mol. The summed E-state index contributed by atoms with van der Waals surface area (Å²) < 4.78 is 27.4. The highest BCUT2D eigenvalue weighted by Crippen LogP contribution is 2.23. The van der Waals surface area contributed by atoms with Crippen molar-refractivity contribution < 1.29 is 18.0 Å². The van der Waals surface area contributed by atoms with Crippen LogP contribution in [0, 0.1) is 0 Å². The Hall–Kier alpha value is -2.75. The molecule has 0 aromatic heterocycles. The molecule has 0 bridgehead atoms. The van der Waals surface area contributed by atoms with Gasteiger partial charge in [0, 0.05) is 30.9 Å². The van der Waals surface area contributed by atoms with Gasteiger partial charge in [0.15, 0.2) is 0 Å². The largest absolute Gasteiger partial charge is 0.368 e. The van der Waals surface area contributed by atoms with E-state index in [1.807, 2.05) is 18.2 Å². The van der Waals surface area contributed by atoms with Crippen LogP contribution in [0.15, 0.2) is 53.4 Å². The Morgan fingerprint density at radius 3 is 2.48 bits per heavy atom. The van der Waals surface area contributed by atoms with Crippen LogP contribution in [0.4, 0.5) is 5.69 Å². The van der Waals surface area contributed by atoms with E-state index >= 15 is 0 Å². The van der Waals surface area contributed by atoms with Crippen molar-refractivity contribution in [2.24, 2.45) is 5.73 Å². The number of carbonyl (C=O) groups is 2. The SMILES string of the molecule is NC(=O)C1CCCN1Cc1cccc(NC(=O)c2cccc(S(=O)(=O)N3CCCCC3)c2)c1. The number of hydrogen-bond donors (Lipinski definition) is 2. The number of likely N-dealkylation sites (tertiary alicyclic amines) is 1. The zero-order chi connectivity index (χ0) is 23.4. The van der Waals surface area contributed by atoms with Gasteiger partial charge in [0.2, 0.25) is 15.9 Å². The van der Waals surface area contributed by atoms with Gasteiger partial charge in [-0.05, 0) is 68.1 Å². The van der Waals surface area contributed by atoms with E-state index in [1.54, 1.807) is 18.2 Å². The predicted octanol–water partition coefficient (Wildman–Crippen LogP) is 2.56. The molecule has 2 aromatic rings. The van der Waals surface area contributed by atoms with Crippen LogP contribution in [0.1, 0.15) is 48.0 Å². The van der Waals surface area contributed by atoms with E-state index in [0.29, 0.717) is 25.3 Å². The van der Waals surface area contributed by atoms with E-state index in [4.69, 9.17) is 5.73 Å². The van der Waals surface area contributed by atoms with Crippen molar-refractivity contribution in [1.82, 2.24) is 9.21 Å². The highest BCUT2D eigenvalue weighted by molar-refractivity contribution is 7.89. The number of anilines is 1. The van der Waals surface area contributed by atoms with Gasteiger partial charge < -0.3 is 11.1 Å².